The van der Waals surface area contributed by atoms with Gasteiger partial charge in [0, 0.05) is 48.6 Å². The van der Waals surface area contributed by atoms with E-state index in [4.69, 9.17) is 5.11 Å². The first-order chi connectivity index (χ1) is 12.2. The molecule has 25 heavy (non-hydrogen) atoms. The van der Waals surface area contributed by atoms with Gasteiger partial charge >= 0.3 is 0 Å². The third-order valence-corrected chi connectivity index (χ3v) is 5.35. The summed E-state index contributed by atoms with van der Waals surface area (Å²) in [5.41, 5.74) is 0.970. The van der Waals surface area contributed by atoms with E-state index in [9.17, 15) is 9.18 Å². The van der Waals surface area contributed by atoms with Crippen molar-refractivity contribution in [2.75, 3.05) is 39.3 Å². The summed E-state index contributed by atoms with van der Waals surface area (Å²) >= 11 is 1.57. The number of rotatable bonds is 5. The molecule has 2 aromatic rings. The van der Waals surface area contributed by atoms with E-state index in [1.54, 1.807) is 29.5 Å². The first kappa shape index (κ1) is 17.8. The molecule has 1 aliphatic rings. The predicted octanol–water partition coefficient (Wildman–Crippen LogP) is 2.70. The Bertz CT molecular complexity index is 734. The lowest BCUT2D eigenvalue weighted by Gasteiger charge is -2.33. The zero-order chi connectivity index (χ0) is 17.6. The second-order valence-electron chi connectivity index (χ2n) is 5.93. The quantitative estimate of drug-likeness (QED) is 0.834. The van der Waals surface area contributed by atoms with Gasteiger partial charge in [-0.25, -0.2) is 4.39 Å². The monoisotopic (exact) mass is 360 g/mol. The number of thiophene rings is 1. The van der Waals surface area contributed by atoms with E-state index in [1.165, 1.54) is 12.1 Å². The smallest absolute Gasteiger partial charge is 0.246 e. The normalized spacial score (nSPS) is 15.8. The lowest BCUT2D eigenvalue weighted by Crippen LogP contribution is -2.48. The molecule has 2 heterocycles. The van der Waals surface area contributed by atoms with Crippen LogP contribution in [-0.4, -0.2) is 60.1 Å². The van der Waals surface area contributed by atoms with Gasteiger partial charge in [0.15, 0.2) is 0 Å². The Morgan fingerprint density at radius 1 is 1.12 bits per heavy atom. The van der Waals surface area contributed by atoms with Gasteiger partial charge in [0.1, 0.15) is 5.82 Å². The standard InChI is InChI=1S/C19H21FN2O2S/c20-16-3-1-15(2-4-16)18-7-5-17(25-18)6-8-19(24)22-11-9-21(10-12-22)13-14-23/h1-8,23H,9-14H2/b8-6+. The summed E-state index contributed by atoms with van der Waals surface area (Å²) in [6.45, 7) is 3.80. The number of piperazine rings is 1. The maximum absolute atomic E-state index is 13.0. The Morgan fingerprint density at radius 2 is 1.84 bits per heavy atom. The fraction of sp³-hybridized carbons (Fsp3) is 0.316. The molecule has 0 atom stereocenters. The van der Waals surface area contributed by atoms with Crippen molar-refractivity contribution in [2.24, 2.45) is 0 Å². The van der Waals surface area contributed by atoms with Crippen LogP contribution >= 0.6 is 11.3 Å². The third-order valence-electron chi connectivity index (χ3n) is 4.25. The molecule has 4 nitrogen and oxygen atoms in total. The van der Waals surface area contributed by atoms with E-state index in [0.29, 0.717) is 19.6 Å². The van der Waals surface area contributed by atoms with Crippen molar-refractivity contribution >= 4 is 23.3 Å². The molecule has 3 rings (SSSR count). The highest BCUT2D eigenvalue weighted by Gasteiger charge is 2.18. The van der Waals surface area contributed by atoms with E-state index < -0.39 is 0 Å². The minimum absolute atomic E-state index is 0.0142. The van der Waals surface area contributed by atoms with Gasteiger partial charge in [0.05, 0.1) is 6.61 Å². The Labute approximate surface area is 150 Å². The van der Waals surface area contributed by atoms with E-state index in [-0.39, 0.29) is 18.3 Å². The molecule has 0 spiro atoms. The van der Waals surface area contributed by atoms with Crippen molar-refractivity contribution in [3.05, 3.63) is 53.2 Å². The Balaban J connectivity index is 1.57. The van der Waals surface area contributed by atoms with Crippen LogP contribution in [0.25, 0.3) is 16.5 Å². The Kier molecular flexibility index (Phi) is 5.96. The Hall–Kier alpha value is -2.02. The van der Waals surface area contributed by atoms with Crippen LogP contribution in [0.5, 0.6) is 0 Å². The molecule has 1 aromatic heterocycles. The lowest BCUT2D eigenvalue weighted by molar-refractivity contribution is -0.127. The van der Waals surface area contributed by atoms with Crippen LogP contribution in [0, 0.1) is 5.82 Å². The van der Waals surface area contributed by atoms with Gasteiger partial charge in [-0.05, 0) is 35.9 Å². The van der Waals surface area contributed by atoms with Crippen LogP contribution in [0.4, 0.5) is 4.39 Å². The number of carbonyl (C=O) groups is 1. The van der Waals surface area contributed by atoms with Crippen LogP contribution in [0.3, 0.4) is 0 Å². The molecule has 1 fully saturated rings. The molecule has 1 amide bonds. The summed E-state index contributed by atoms with van der Waals surface area (Å²) in [5, 5.41) is 8.95. The van der Waals surface area contributed by atoms with Gasteiger partial charge < -0.3 is 10.0 Å². The molecule has 132 valence electrons. The number of benzene rings is 1. The van der Waals surface area contributed by atoms with Crippen LogP contribution in [0.1, 0.15) is 4.88 Å². The average molecular weight is 360 g/mol. The van der Waals surface area contributed by atoms with E-state index in [1.807, 2.05) is 23.1 Å². The van der Waals surface area contributed by atoms with Gasteiger partial charge in [-0.2, -0.15) is 0 Å². The first-order valence-electron chi connectivity index (χ1n) is 8.32. The van der Waals surface area contributed by atoms with Gasteiger partial charge in [0.2, 0.25) is 5.91 Å². The molecule has 0 unspecified atom stereocenters. The number of aliphatic hydroxyl groups is 1. The lowest BCUT2D eigenvalue weighted by atomic mass is 10.2. The molecular weight excluding hydrogens is 339 g/mol. The number of nitrogens with zero attached hydrogens (tertiary/aromatic N) is 2. The van der Waals surface area contributed by atoms with Crippen molar-refractivity contribution in [3.63, 3.8) is 0 Å². The summed E-state index contributed by atoms with van der Waals surface area (Å²) in [5.74, 6) is -0.231. The van der Waals surface area contributed by atoms with E-state index >= 15 is 0 Å². The minimum atomic E-state index is -0.245. The molecule has 0 radical (unpaired) electrons. The van der Waals surface area contributed by atoms with Crippen LogP contribution in [0.15, 0.2) is 42.5 Å². The second kappa shape index (κ2) is 8.38. The first-order valence-corrected chi connectivity index (χ1v) is 9.13. The maximum Gasteiger partial charge on any atom is 0.246 e. The summed E-state index contributed by atoms with van der Waals surface area (Å²) in [7, 11) is 0. The number of hydrogen-bond donors (Lipinski definition) is 1. The van der Waals surface area contributed by atoms with E-state index in [0.717, 1.165) is 28.4 Å². The van der Waals surface area contributed by atoms with Gasteiger partial charge in [-0.1, -0.05) is 12.1 Å². The summed E-state index contributed by atoms with van der Waals surface area (Å²) < 4.78 is 13.0. The number of aliphatic hydroxyl groups excluding tert-OH is 1. The zero-order valence-electron chi connectivity index (χ0n) is 13.9. The summed E-state index contributed by atoms with van der Waals surface area (Å²) in [6.07, 6.45) is 3.45. The molecular formula is C19H21FN2O2S. The molecule has 0 aliphatic carbocycles. The number of carbonyl (C=O) groups excluding carboxylic acids is 1. The highest BCUT2D eigenvalue weighted by molar-refractivity contribution is 7.16. The van der Waals surface area contributed by atoms with Crippen molar-refractivity contribution in [1.82, 2.24) is 9.80 Å². The minimum Gasteiger partial charge on any atom is -0.395 e. The van der Waals surface area contributed by atoms with Crippen molar-refractivity contribution < 1.29 is 14.3 Å². The van der Waals surface area contributed by atoms with Crippen molar-refractivity contribution in [1.29, 1.82) is 0 Å². The second-order valence-corrected chi connectivity index (χ2v) is 7.05. The largest absolute Gasteiger partial charge is 0.395 e. The Morgan fingerprint density at radius 3 is 2.52 bits per heavy atom. The number of hydrogen-bond acceptors (Lipinski definition) is 4. The number of amides is 1. The van der Waals surface area contributed by atoms with Gasteiger partial charge in [0.25, 0.3) is 0 Å². The number of β-amino-alcohol motifs (C(OH)–C–C–N with tert-alkyl or cyclic N) is 1. The van der Waals surface area contributed by atoms with Crippen LogP contribution < -0.4 is 0 Å². The molecule has 0 saturated carbocycles. The molecule has 0 bridgehead atoms. The predicted molar refractivity (Wildman–Crippen MR) is 98.9 cm³/mol. The molecule has 1 aliphatic heterocycles. The summed E-state index contributed by atoms with van der Waals surface area (Å²) in [6, 6.07) is 10.4. The van der Waals surface area contributed by atoms with E-state index in [2.05, 4.69) is 4.90 Å². The highest BCUT2D eigenvalue weighted by atomic mass is 32.1. The fourth-order valence-electron chi connectivity index (χ4n) is 2.80. The van der Waals surface area contributed by atoms with Gasteiger partial charge in [-0.15, -0.1) is 11.3 Å². The average Bonchev–Trinajstić information content (AvgIpc) is 3.10. The molecule has 1 N–H and O–H groups in total. The topological polar surface area (TPSA) is 43.8 Å². The molecule has 1 saturated heterocycles. The molecule has 1 aromatic carbocycles. The fourth-order valence-corrected chi connectivity index (χ4v) is 3.72. The van der Waals surface area contributed by atoms with Gasteiger partial charge in [-0.3, -0.25) is 9.69 Å². The van der Waals surface area contributed by atoms with Crippen LogP contribution in [-0.2, 0) is 4.79 Å². The SMILES string of the molecule is O=C(/C=C/c1ccc(-c2ccc(F)cc2)s1)N1CCN(CCO)CC1. The van der Waals surface area contributed by atoms with Crippen LogP contribution in [0.2, 0.25) is 0 Å². The zero-order valence-corrected chi connectivity index (χ0v) is 14.7. The number of halogens is 1. The van der Waals surface area contributed by atoms with Crippen molar-refractivity contribution in [2.45, 2.75) is 0 Å². The molecule has 6 heteroatoms. The maximum atomic E-state index is 13.0. The van der Waals surface area contributed by atoms with Crippen molar-refractivity contribution in [3.8, 4) is 10.4 Å². The highest BCUT2D eigenvalue weighted by Crippen LogP contribution is 2.28. The summed E-state index contributed by atoms with van der Waals surface area (Å²) in [4.78, 5) is 18.3. The third kappa shape index (κ3) is 4.75.